The molecule has 0 fully saturated rings. The minimum atomic E-state index is 0.320. The Morgan fingerprint density at radius 1 is 1.47 bits per heavy atom. The normalized spacial score (nSPS) is 12.4. The Bertz CT molecular complexity index is 498. The molecule has 0 aliphatic carbocycles. The van der Waals surface area contributed by atoms with Crippen molar-refractivity contribution in [3.05, 3.63) is 45.9 Å². The predicted octanol–water partition coefficient (Wildman–Crippen LogP) is 4.14. The van der Waals surface area contributed by atoms with Gasteiger partial charge in [0.2, 0.25) is 0 Å². The van der Waals surface area contributed by atoms with Crippen molar-refractivity contribution in [1.82, 2.24) is 4.98 Å². The Kier molecular flexibility index (Phi) is 4.18. The molecule has 0 saturated carbocycles. The zero-order valence-corrected chi connectivity index (χ0v) is 12.2. The summed E-state index contributed by atoms with van der Waals surface area (Å²) in [5.41, 5.74) is 1.26. The van der Waals surface area contributed by atoms with E-state index in [1.54, 1.807) is 18.4 Å². The van der Waals surface area contributed by atoms with Crippen molar-refractivity contribution in [3.63, 3.8) is 0 Å². The summed E-state index contributed by atoms with van der Waals surface area (Å²) in [4.78, 5) is 5.87. The molecule has 0 N–H and O–H groups in total. The number of halogens is 1. The molecule has 1 heterocycles. The van der Waals surface area contributed by atoms with Crippen LogP contribution in [0.1, 0.15) is 20.3 Å². The highest BCUT2D eigenvalue weighted by atomic mass is 79.9. The molecule has 0 aliphatic heterocycles. The quantitative estimate of drug-likeness (QED) is 0.792. The maximum Gasteiger partial charge on any atom is 0.119 e. The Morgan fingerprint density at radius 3 is 2.94 bits per heavy atom. The topological polar surface area (TPSA) is 22.1 Å². The summed E-state index contributed by atoms with van der Waals surface area (Å²) >= 11 is 5.45. The standard InChI is InChI=1S/C13H14BrNOS/c1-9-15-8-13(17-9)12(14)7-10-4-3-5-11(6-10)16-2/h3-6,8,12H,7H2,1-2H3. The molecule has 1 atom stereocenters. The Morgan fingerprint density at radius 2 is 2.29 bits per heavy atom. The molecule has 2 rings (SSSR count). The molecule has 1 aromatic heterocycles. The first kappa shape index (κ1) is 12.6. The molecule has 0 spiro atoms. The van der Waals surface area contributed by atoms with Crippen molar-refractivity contribution in [1.29, 1.82) is 0 Å². The summed E-state index contributed by atoms with van der Waals surface area (Å²) < 4.78 is 5.22. The predicted molar refractivity (Wildman–Crippen MR) is 75.2 cm³/mol. The van der Waals surface area contributed by atoms with Crippen LogP contribution in [-0.4, -0.2) is 12.1 Å². The smallest absolute Gasteiger partial charge is 0.119 e. The summed E-state index contributed by atoms with van der Waals surface area (Å²) in [6, 6.07) is 8.17. The molecule has 4 heteroatoms. The van der Waals surface area contributed by atoms with E-state index in [1.807, 2.05) is 25.3 Å². The number of ether oxygens (including phenoxy) is 1. The van der Waals surface area contributed by atoms with E-state index in [4.69, 9.17) is 4.74 Å². The SMILES string of the molecule is COc1cccc(CC(Br)c2cnc(C)s2)c1. The summed E-state index contributed by atoms with van der Waals surface area (Å²) in [5.74, 6) is 0.905. The van der Waals surface area contributed by atoms with Gasteiger partial charge in [0.1, 0.15) is 5.75 Å². The number of nitrogens with zero attached hydrogens (tertiary/aromatic N) is 1. The molecular formula is C13H14BrNOS. The second kappa shape index (κ2) is 5.65. The molecule has 0 saturated heterocycles. The van der Waals surface area contributed by atoms with Gasteiger partial charge in [-0.3, -0.25) is 0 Å². The molecule has 2 nitrogen and oxygen atoms in total. The van der Waals surface area contributed by atoms with Crippen LogP contribution < -0.4 is 4.74 Å². The van der Waals surface area contributed by atoms with E-state index in [-0.39, 0.29) is 0 Å². The molecule has 0 amide bonds. The van der Waals surface area contributed by atoms with Gasteiger partial charge in [-0.05, 0) is 31.0 Å². The third-order valence-corrected chi connectivity index (χ3v) is 4.64. The van der Waals surface area contributed by atoms with Gasteiger partial charge in [0.25, 0.3) is 0 Å². The highest BCUT2D eigenvalue weighted by Gasteiger charge is 2.11. The van der Waals surface area contributed by atoms with Gasteiger partial charge in [0, 0.05) is 11.1 Å². The first-order valence-corrected chi connectivity index (χ1v) is 7.11. The molecule has 2 aromatic rings. The monoisotopic (exact) mass is 311 g/mol. The third kappa shape index (κ3) is 3.30. The van der Waals surface area contributed by atoms with Gasteiger partial charge >= 0.3 is 0 Å². The molecule has 0 bridgehead atoms. The van der Waals surface area contributed by atoms with Crippen LogP contribution in [-0.2, 0) is 6.42 Å². The van der Waals surface area contributed by atoms with Gasteiger partial charge in [0.15, 0.2) is 0 Å². The van der Waals surface area contributed by atoms with E-state index in [2.05, 4.69) is 33.0 Å². The lowest BCUT2D eigenvalue weighted by atomic mass is 10.1. The summed E-state index contributed by atoms with van der Waals surface area (Å²) in [7, 11) is 1.69. The highest BCUT2D eigenvalue weighted by Crippen LogP contribution is 2.31. The number of hydrogen-bond acceptors (Lipinski definition) is 3. The van der Waals surface area contributed by atoms with Crippen molar-refractivity contribution < 1.29 is 4.74 Å². The first-order chi connectivity index (χ1) is 8.19. The second-order valence-corrected chi connectivity index (χ2v) is 6.18. The summed E-state index contributed by atoms with van der Waals surface area (Å²) in [5, 5.41) is 1.11. The Labute approximate surface area is 114 Å². The zero-order valence-electron chi connectivity index (χ0n) is 9.81. The Hall–Kier alpha value is -0.870. The maximum atomic E-state index is 5.22. The van der Waals surface area contributed by atoms with Crippen molar-refractivity contribution in [3.8, 4) is 5.75 Å². The Balaban J connectivity index is 2.09. The number of benzene rings is 1. The van der Waals surface area contributed by atoms with Crippen LogP contribution in [0.4, 0.5) is 0 Å². The lowest BCUT2D eigenvalue weighted by Crippen LogP contribution is -1.93. The number of hydrogen-bond donors (Lipinski definition) is 0. The zero-order chi connectivity index (χ0) is 12.3. The lowest BCUT2D eigenvalue weighted by molar-refractivity contribution is 0.414. The molecule has 0 radical (unpaired) electrons. The fourth-order valence-electron chi connectivity index (χ4n) is 1.63. The number of methoxy groups -OCH3 is 1. The van der Waals surface area contributed by atoms with Gasteiger partial charge in [-0.25, -0.2) is 4.98 Å². The van der Waals surface area contributed by atoms with E-state index in [1.165, 1.54) is 10.4 Å². The van der Waals surface area contributed by atoms with Crippen LogP contribution in [0.5, 0.6) is 5.75 Å². The van der Waals surface area contributed by atoms with E-state index < -0.39 is 0 Å². The van der Waals surface area contributed by atoms with Gasteiger partial charge < -0.3 is 4.74 Å². The number of rotatable bonds is 4. The number of aryl methyl sites for hydroxylation is 1. The first-order valence-electron chi connectivity index (χ1n) is 5.38. The summed E-state index contributed by atoms with van der Waals surface area (Å²) in [6.07, 6.45) is 2.89. The van der Waals surface area contributed by atoms with Crippen LogP contribution in [0.2, 0.25) is 0 Å². The molecule has 1 unspecified atom stereocenters. The average molecular weight is 312 g/mol. The van der Waals surface area contributed by atoms with Crippen LogP contribution in [0.3, 0.4) is 0 Å². The molecule has 17 heavy (non-hydrogen) atoms. The summed E-state index contributed by atoms with van der Waals surface area (Å²) in [6.45, 7) is 2.03. The maximum absolute atomic E-state index is 5.22. The van der Waals surface area contributed by atoms with Gasteiger partial charge in [-0.1, -0.05) is 28.1 Å². The average Bonchev–Trinajstić information content (AvgIpc) is 2.76. The van der Waals surface area contributed by atoms with Crippen molar-refractivity contribution in [2.24, 2.45) is 0 Å². The molecule has 0 aliphatic rings. The van der Waals surface area contributed by atoms with E-state index in [0.717, 1.165) is 17.2 Å². The van der Waals surface area contributed by atoms with Crippen LogP contribution in [0.25, 0.3) is 0 Å². The second-order valence-electron chi connectivity index (χ2n) is 3.80. The van der Waals surface area contributed by atoms with Gasteiger partial charge in [-0.2, -0.15) is 0 Å². The lowest BCUT2D eigenvalue weighted by Gasteiger charge is -2.08. The van der Waals surface area contributed by atoms with Crippen LogP contribution in [0.15, 0.2) is 30.5 Å². The largest absolute Gasteiger partial charge is 0.497 e. The van der Waals surface area contributed by atoms with Crippen molar-refractivity contribution >= 4 is 27.3 Å². The van der Waals surface area contributed by atoms with Gasteiger partial charge in [-0.15, -0.1) is 11.3 Å². The van der Waals surface area contributed by atoms with Crippen LogP contribution in [0, 0.1) is 6.92 Å². The fraction of sp³-hybridized carbons (Fsp3) is 0.308. The third-order valence-electron chi connectivity index (χ3n) is 2.50. The van der Waals surface area contributed by atoms with E-state index >= 15 is 0 Å². The van der Waals surface area contributed by atoms with Crippen LogP contribution >= 0.6 is 27.3 Å². The minimum absolute atomic E-state index is 0.320. The number of alkyl halides is 1. The van der Waals surface area contributed by atoms with E-state index in [9.17, 15) is 0 Å². The highest BCUT2D eigenvalue weighted by molar-refractivity contribution is 9.09. The molecule has 90 valence electrons. The minimum Gasteiger partial charge on any atom is -0.497 e. The van der Waals surface area contributed by atoms with Gasteiger partial charge in [0.05, 0.1) is 16.9 Å². The molecule has 1 aromatic carbocycles. The van der Waals surface area contributed by atoms with E-state index in [0.29, 0.717) is 4.83 Å². The molecular weight excluding hydrogens is 298 g/mol. The van der Waals surface area contributed by atoms with Crippen molar-refractivity contribution in [2.75, 3.05) is 7.11 Å². The number of thiazole rings is 1. The van der Waals surface area contributed by atoms with Crippen molar-refractivity contribution in [2.45, 2.75) is 18.2 Å². The fourth-order valence-corrected chi connectivity index (χ4v) is 3.17. The number of aromatic nitrogens is 1.